The average Bonchev–Trinajstić information content (AvgIpc) is 2.53. The van der Waals surface area contributed by atoms with Crippen molar-refractivity contribution in [2.45, 2.75) is 12.2 Å². The van der Waals surface area contributed by atoms with E-state index in [9.17, 15) is 9.18 Å². The smallest absolute Gasteiger partial charge is 0.234 e. The number of nitrogens with one attached hydrogen (secondary N) is 1. The van der Waals surface area contributed by atoms with Crippen molar-refractivity contribution in [3.05, 3.63) is 65.5 Å². The van der Waals surface area contributed by atoms with Gasteiger partial charge in [0.25, 0.3) is 0 Å². The summed E-state index contributed by atoms with van der Waals surface area (Å²) in [6, 6.07) is 15.1. The Morgan fingerprint density at radius 1 is 1.32 bits per heavy atom. The van der Waals surface area contributed by atoms with Crippen molar-refractivity contribution in [3.63, 3.8) is 0 Å². The van der Waals surface area contributed by atoms with Gasteiger partial charge < -0.3 is 5.32 Å². The van der Waals surface area contributed by atoms with Gasteiger partial charge in [-0.1, -0.05) is 18.2 Å². The first kappa shape index (κ1) is 16.1. The van der Waals surface area contributed by atoms with E-state index in [1.54, 1.807) is 36.4 Å². The summed E-state index contributed by atoms with van der Waals surface area (Å²) in [7, 11) is 0. The number of carbonyl (C=O) groups is 1. The molecular formula is C17H15FN2OS. The number of hydrogen-bond acceptors (Lipinski definition) is 3. The average molecular weight is 314 g/mol. The number of amides is 1. The van der Waals surface area contributed by atoms with E-state index in [1.165, 1.54) is 23.9 Å². The van der Waals surface area contributed by atoms with Crippen LogP contribution in [0.5, 0.6) is 0 Å². The minimum atomic E-state index is -0.268. The first-order chi connectivity index (χ1) is 10.6. The highest BCUT2D eigenvalue weighted by Gasteiger charge is 2.10. The first-order valence-corrected chi connectivity index (χ1v) is 7.80. The first-order valence-electron chi connectivity index (χ1n) is 6.75. The van der Waals surface area contributed by atoms with Crippen molar-refractivity contribution in [3.8, 4) is 6.07 Å². The van der Waals surface area contributed by atoms with Crippen LogP contribution < -0.4 is 5.32 Å². The largest absolute Gasteiger partial charge is 0.325 e. The number of nitriles is 1. The standard InChI is InChI=1S/C17H15FN2OS/c1-12(14-5-7-15(18)8-6-14)22-11-17(21)20-16-4-2-3-13(9-16)10-19/h2-9,12H,11H2,1H3,(H,20,21). The quantitative estimate of drug-likeness (QED) is 0.903. The SMILES string of the molecule is CC(SCC(=O)Nc1cccc(C#N)c1)c1ccc(F)cc1. The fraction of sp³-hybridized carbons (Fsp3) is 0.176. The van der Waals surface area contributed by atoms with Crippen LogP contribution in [0.2, 0.25) is 0 Å². The summed E-state index contributed by atoms with van der Waals surface area (Å²) in [6.45, 7) is 1.97. The van der Waals surface area contributed by atoms with Gasteiger partial charge in [0.2, 0.25) is 5.91 Å². The Hall–Kier alpha value is -2.32. The third-order valence-corrected chi connectivity index (χ3v) is 4.28. The van der Waals surface area contributed by atoms with E-state index in [0.29, 0.717) is 11.3 Å². The number of benzene rings is 2. The summed E-state index contributed by atoms with van der Waals surface area (Å²) in [4.78, 5) is 11.9. The van der Waals surface area contributed by atoms with Gasteiger partial charge in [0, 0.05) is 10.9 Å². The molecule has 1 amide bonds. The van der Waals surface area contributed by atoms with E-state index in [-0.39, 0.29) is 22.7 Å². The lowest BCUT2D eigenvalue weighted by molar-refractivity contribution is -0.113. The molecule has 0 saturated carbocycles. The van der Waals surface area contributed by atoms with E-state index >= 15 is 0 Å². The van der Waals surface area contributed by atoms with E-state index in [4.69, 9.17) is 5.26 Å². The van der Waals surface area contributed by atoms with Crippen LogP contribution in [0.25, 0.3) is 0 Å². The van der Waals surface area contributed by atoms with Crippen LogP contribution in [-0.2, 0) is 4.79 Å². The monoisotopic (exact) mass is 314 g/mol. The summed E-state index contributed by atoms with van der Waals surface area (Å²) in [5.41, 5.74) is 2.09. The number of carbonyl (C=O) groups excluding carboxylic acids is 1. The number of anilines is 1. The van der Waals surface area contributed by atoms with Crippen LogP contribution in [0.3, 0.4) is 0 Å². The van der Waals surface area contributed by atoms with Crippen LogP contribution in [0.1, 0.15) is 23.3 Å². The molecule has 3 nitrogen and oxygen atoms in total. The minimum absolute atomic E-state index is 0.0943. The predicted molar refractivity (Wildman–Crippen MR) is 87.1 cm³/mol. The summed E-state index contributed by atoms with van der Waals surface area (Å²) < 4.78 is 12.9. The Balaban J connectivity index is 1.87. The van der Waals surface area contributed by atoms with Gasteiger partial charge in [0.15, 0.2) is 0 Å². The Bertz CT molecular complexity index is 695. The highest BCUT2D eigenvalue weighted by Crippen LogP contribution is 2.28. The van der Waals surface area contributed by atoms with Gasteiger partial charge in [-0.2, -0.15) is 5.26 Å². The molecule has 1 N–H and O–H groups in total. The second kappa shape index (κ2) is 7.62. The molecule has 0 aromatic heterocycles. The van der Waals surface area contributed by atoms with Gasteiger partial charge in [0.1, 0.15) is 5.82 Å². The molecule has 112 valence electrons. The summed E-state index contributed by atoms with van der Waals surface area (Å²) in [5, 5.41) is 11.7. The molecule has 0 spiro atoms. The van der Waals surface area contributed by atoms with Crippen molar-refractivity contribution in [1.82, 2.24) is 0 Å². The Kier molecular flexibility index (Phi) is 5.56. The molecule has 0 aliphatic rings. The van der Waals surface area contributed by atoms with Gasteiger partial charge in [-0.15, -0.1) is 11.8 Å². The highest BCUT2D eigenvalue weighted by molar-refractivity contribution is 8.00. The predicted octanol–water partition coefficient (Wildman–Crippen LogP) is 4.13. The summed E-state index contributed by atoms with van der Waals surface area (Å²) in [5.74, 6) is -0.111. The molecule has 0 aliphatic carbocycles. The summed E-state index contributed by atoms with van der Waals surface area (Å²) >= 11 is 1.47. The maximum atomic E-state index is 12.9. The van der Waals surface area contributed by atoms with E-state index < -0.39 is 0 Å². The van der Waals surface area contributed by atoms with Crippen LogP contribution in [0.15, 0.2) is 48.5 Å². The fourth-order valence-corrected chi connectivity index (χ4v) is 2.72. The molecule has 22 heavy (non-hydrogen) atoms. The number of thioether (sulfide) groups is 1. The van der Waals surface area contributed by atoms with Gasteiger partial charge in [-0.25, -0.2) is 4.39 Å². The van der Waals surface area contributed by atoms with Crippen molar-refractivity contribution >= 4 is 23.4 Å². The maximum absolute atomic E-state index is 12.9. The van der Waals surface area contributed by atoms with Gasteiger partial charge >= 0.3 is 0 Å². The molecule has 0 radical (unpaired) electrons. The number of halogens is 1. The Morgan fingerprint density at radius 2 is 2.05 bits per heavy atom. The van der Waals surface area contributed by atoms with Crippen LogP contribution in [0.4, 0.5) is 10.1 Å². The molecule has 0 bridgehead atoms. The van der Waals surface area contributed by atoms with E-state index in [0.717, 1.165) is 5.56 Å². The molecule has 0 aliphatic heterocycles. The molecule has 0 heterocycles. The van der Waals surface area contributed by atoms with Gasteiger partial charge in [0.05, 0.1) is 17.4 Å². The lowest BCUT2D eigenvalue weighted by Gasteiger charge is -2.11. The highest BCUT2D eigenvalue weighted by atomic mass is 32.2. The van der Waals surface area contributed by atoms with Crippen LogP contribution in [0, 0.1) is 17.1 Å². The zero-order valence-corrected chi connectivity index (χ0v) is 12.9. The molecular weight excluding hydrogens is 299 g/mol. The Labute approximate surface area is 133 Å². The second-order valence-corrected chi connectivity index (χ2v) is 6.07. The van der Waals surface area contributed by atoms with Gasteiger partial charge in [-0.05, 0) is 42.8 Å². The molecule has 1 unspecified atom stereocenters. The topological polar surface area (TPSA) is 52.9 Å². The molecule has 0 saturated heterocycles. The number of hydrogen-bond donors (Lipinski definition) is 1. The van der Waals surface area contributed by atoms with Gasteiger partial charge in [-0.3, -0.25) is 4.79 Å². The van der Waals surface area contributed by atoms with E-state index in [1.807, 2.05) is 13.0 Å². The summed E-state index contributed by atoms with van der Waals surface area (Å²) in [6.07, 6.45) is 0. The molecule has 5 heteroatoms. The second-order valence-electron chi connectivity index (χ2n) is 4.75. The molecule has 0 fully saturated rings. The van der Waals surface area contributed by atoms with Crippen LogP contribution in [-0.4, -0.2) is 11.7 Å². The van der Waals surface area contributed by atoms with E-state index in [2.05, 4.69) is 5.32 Å². The van der Waals surface area contributed by atoms with Crippen molar-refractivity contribution in [2.24, 2.45) is 0 Å². The fourth-order valence-electron chi connectivity index (χ4n) is 1.89. The van der Waals surface area contributed by atoms with Crippen LogP contribution >= 0.6 is 11.8 Å². The number of nitrogens with zero attached hydrogens (tertiary/aromatic N) is 1. The third kappa shape index (κ3) is 4.61. The number of rotatable bonds is 5. The normalized spacial score (nSPS) is 11.5. The molecule has 2 aromatic rings. The minimum Gasteiger partial charge on any atom is -0.325 e. The van der Waals surface area contributed by atoms with Crippen molar-refractivity contribution in [2.75, 3.05) is 11.1 Å². The Morgan fingerprint density at radius 3 is 2.73 bits per heavy atom. The molecule has 2 aromatic carbocycles. The lowest BCUT2D eigenvalue weighted by Crippen LogP contribution is -2.14. The zero-order chi connectivity index (χ0) is 15.9. The van der Waals surface area contributed by atoms with Crippen molar-refractivity contribution < 1.29 is 9.18 Å². The maximum Gasteiger partial charge on any atom is 0.234 e. The molecule has 2 rings (SSSR count). The zero-order valence-electron chi connectivity index (χ0n) is 12.0. The lowest BCUT2D eigenvalue weighted by atomic mass is 10.2. The third-order valence-electron chi connectivity index (χ3n) is 3.08. The van der Waals surface area contributed by atoms with Crippen molar-refractivity contribution in [1.29, 1.82) is 5.26 Å². The molecule has 1 atom stereocenters.